The van der Waals surface area contributed by atoms with E-state index in [0.29, 0.717) is 13.0 Å². The van der Waals surface area contributed by atoms with E-state index >= 15 is 0 Å². The Kier molecular flexibility index (Phi) is 2.83. The molecular weight excluding hydrogens is 222 g/mol. The first kappa shape index (κ1) is 10.7. The molecule has 0 unspecified atom stereocenters. The van der Waals surface area contributed by atoms with Crippen molar-refractivity contribution in [2.24, 2.45) is 0 Å². The Labute approximate surface area is 87.8 Å². The van der Waals surface area contributed by atoms with Crippen LogP contribution in [0.15, 0.2) is 0 Å². The van der Waals surface area contributed by atoms with E-state index in [1.807, 2.05) is 0 Å². The third kappa shape index (κ3) is 3.35. The van der Waals surface area contributed by atoms with Crippen LogP contribution in [-0.2, 0) is 19.3 Å². The van der Waals surface area contributed by atoms with Gasteiger partial charge >= 0.3 is 6.09 Å². The summed E-state index contributed by atoms with van der Waals surface area (Å²) in [4.78, 5) is 11.2. The first-order valence-electron chi connectivity index (χ1n) is 4.80. The molecule has 1 N–H and O–H groups in total. The average Bonchev–Trinajstić information content (AvgIpc) is 2.89. The second-order valence-corrected chi connectivity index (χ2v) is 6.03. The Morgan fingerprint density at radius 1 is 1.53 bits per heavy atom. The van der Waals surface area contributed by atoms with Crippen molar-refractivity contribution in [3.63, 3.8) is 0 Å². The average molecular weight is 235 g/mol. The smallest absolute Gasteiger partial charge is 0.407 e. The molecule has 2 saturated heterocycles. The lowest BCUT2D eigenvalue weighted by Gasteiger charge is -2.10. The Hall–Kier alpha value is -0.820. The molecule has 2 aliphatic heterocycles. The molecule has 0 aromatic heterocycles. The summed E-state index contributed by atoms with van der Waals surface area (Å²) in [7, 11) is -2.95. The molecule has 0 aromatic rings. The normalized spacial score (nSPS) is 32.3. The van der Waals surface area contributed by atoms with Crippen LogP contribution in [0.1, 0.15) is 6.42 Å². The fraction of sp³-hybridized carbons (Fsp3) is 0.875. The lowest BCUT2D eigenvalue weighted by Crippen LogP contribution is -2.36. The maximum atomic E-state index is 11.2. The van der Waals surface area contributed by atoms with E-state index in [9.17, 15) is 13.2 Å². The van der Waals surface area contributed by atoms with Crippen LogP contribution >= 0.6 is 0 Å². The van der Waals surface area contributed by atoms with Crippen LogP contribution in [0.4, 0.5) is 4.79 Å². The highest BCUT2D eigenvalue weighted by Crippen LogP contribution is 2.12. The van der Waals surface area contributed by atoms with Crippen LogP contribution in [-0.4, -0.2) is 51.4 Å². The number of ether oxygens (including phenoxy) is 2. The maximum absolute atomic E-state index is 11.2. The van der Waals surface area contributed by atoms with Gasteiger partial charge in [-0.05, 0) is 6.42 Å². The van der Waals surface area contributed by atoms with Crippen LogP contribution in [0.25, 0.3) is 0 Å². The van der Waals surface area contributed by atoms with E-state index in [1.54, 1.807) is 0 Å². The fourth-order valence-electron chi connectivity index (χ4n) is 1.45. The van der Waals surface area contributed by atoms with Gasteiger partial charge in [-0.15, -0.1) is 0 Å². The van der Waals surface area contributed by atoms with Crippen molar-refractivity contribution in [3.8, 4) is 0 Å². The number of nitrogens with one attached hydrogen (secondary N) is 1. The van der Waals surface area contributed by atoms with Crippen molar-refractivity contribution in [2.45, 2.75) is 18.6 Å². The molecule has 6 nitrogen and oxygen atoms in total. The first-order chi connectivity index (χ1) is 7.05. The molecule has 0 saturated carbocycles. The van der Waals surface area contributed by atoms with E-state index in [4.69, 9.17) is 9.47 Å². The van der Waals surface area contributed by atoms with Crippen molar-refractivity contribution in [3.05, 3.63) is 0 Å². The van der Waals surface area contributed by atoms with Crippen LogP contribution in [0.3, 0.4) is 0 Å². The zero-order chi connectivity index (χ0) is 10.9. The van der Waals surface area contributed by atoms with Crippen molar-refractivity contribution in [1.82, 2.24) is 5.32 Å². The Morgan fingerprint density at radius 3 is 2.80 bits per heavy atom. The van der Waals surface area contributed by atoms with Gasteiger partial charge in [-0.1, -0.05) is 0 Å². The van der Waals surface area contributed by atoms with Gasteiger partial charge in [0, 0.05) is 6.04 Å². The molecule has 2 aliphatic rings. The van der Waals surface area contributed by atoms with Gasteiger partial charge < -0.3 is 14.8 Å². The zero-order valence-electron chi connectivity index (χ0n) is 8.14. The summed E-state index contributed by atoms with van der Waals surface area (Å²) in [5.41, 5.74) is 0. The summed E-state index contributed by atoms with van der Waals surface area (Å²) < 4.78 is 31.9. The number of carbonyl (C=O) groups is 1. The van der Waals surface area contributed by atoms with Crippen molar-refractivity contribution < 1.29 is 22.7 Å². The fourth-order valence-corrected chi connectivity index (χ4v) is 3.12. The zero-order valence-corrected chi connectivity index (χ0v) is 8.96. The summed E-state index contributed by atoms with van der Waals surface area (Å²) in [6, 6.07) is -0.303. The van der Waals surface area contributed by atoms with Crippen LogP contribution in [0, 0.1) is 0 Å². The molecule has 0 spiro atoms. The van der Waals surface area contributed by atoms with Crippen molar-refractivity contribution in [2.75, 3.05) is 24.7 Å². The standard InChI is InChI=1S/C8H13NO5S/c10-8(14-4-7-3-13-7)9-6-1-2-15(11,12)5-6/h6-7H,1-5H2,(H,9,10)/t6-,7+/m1/s1. The van der Waals surface area contributed by atoms with Crippen LogP contribution < -0.4 is 5.32 Å². The quantitative estimate of drug-likeness (QED) is 0.654. The molecule has 0 bridgehead atoms. The molecule has 2 heterocycles. The third-order valence-corrected chi connectivity index (χ3v) is 4.13. The summed E-state index contributed by atoms with van der Waals surface area (Å²) in [5, 5.41) is 2.52. The summed E-state index contributed by atoms with van der Waals surface area (Å²) in [6.45, 7) is 0.871. The SMILES string of the molecule is O=C(N[C@@H]1CCS(=O)(=O)C1)OC[C@@H]1CO1. The number of hydrogen-bond donors (Lipinski definition) is 1. The van der Waals surface area contributed by atoms with Gasteiger partial charge in [0.1, 0.15) is 12.7 Å². The minimum atomic E-state index is -2.95. The maximum Gasteiger partial charge on any atom is 0.407 e. The number of alkyl carbamates (subject to hydrolysis) is 1. The highest BCUT2D eigenvalue weighted by Gasteiger charge is 2.30. The number of carbonyl (C=O) groups excluding carboxylic acids is 1. The van der Waals surface area contributed by atoms with Crippen LogP contribution in [0.2, 0.25) is 0 Å². The third-order valence-electron chi connectivity index (χ3n) is 2.36. The Balaban J connectivity index is 1.69. The molecule has 86 valence electrons. The van der Waals surface area contributed by atoms with Crippen molar-refractivity contribution in [1.29, 1.82) is 0 Å². The predicted molar refractivity (Wildman–Crippen MR) is 51.3 cm³/mol. The lowest BCUT2D eigenvalue weighted by atomic mass is 10.3. The summed E-state index contributed by atoms with van der Waals surface area (Å²) in [6.07, 6.45) is -0.0622. The molecule has 0 aliphatic carbocycles. The Bertz CT molecular complexity index is 348. The topological polar surface area (TPSA) is 85.0 Å². The van der Waals surface area contributed by atoms with E-state index < -0.39 is 15.9 Å². The lowest BCUT2D eigenvalue weighted by molar-refractivity contribution is 0.133. The van der Waals surface area contributed by atoms with E-state index in [1.165, 1.54) is 0 Å². The van der Waals surface area contributed by atoms with E-state index in [-0.39, 0.29) is 30.3 Å². The highest BCUT2D eigenvalue weighted by atomic mass is 32.2. The second-order valence-electron chi connectivity index (χ2n) is 3.80. The molecule has 0 aromatic carbocycles. The predicted octanol–water partition coefficient (Wildman–Crippen LogP) is -0.702. The highest BCUT2D eigenvalue weighted by molar-refractivity contribution is 7.91. The number of rotatable bonds is 3. The van der Waals surface area contributed by atoms with Gasteiger partial charge in [0.05, 0.1) is 18.1 Å². The Morgan fingerprint density at radius 2 is 2.27 bits per heavy atom. The molecule has 0 radical (unpaired) electrons. The van der Waals surface area contributed by atoms with Crippen molar-refractivity contribution >= 4 is 15.9 Å². The van der Waals surface area contributed by atoms with E-state index in [2.05, 4.69) is 5.32 Å². The largest absolute Gasteiger partial charge is 0.447 e. The van der Waals surface area contributed by atoms with Gasteiger partial charge in [0.15, 0.2) is 9.84 Å². The summed E-state index contributed by atoms with van der Waals surface area (Å²) in [5.74, 6) is 0.158. The molecular formula is C8H13NO5S. The molecule has 2 atom stereocenters. The van der Waals surface area contributed by atoms with Gasteiger partial charge in [0.25, 0.3) is 0 Å². The van der Waals surface area contributed by atoms with E-state index in [0.717, 1.165) is 0 Å². The number of sulfone groups is 1. The monoisotopic (exact) mass is 235 g/mol. The van der Waals surface area contributed by atoms with Gasteiger partial charge in [-0.25, -0.2) is 13.2 Å². The first-order valence-corrected chi connectivity index (χ1v) is 6.63. The number of epoxide rings is 1. The number of hydrogen-bond acceptors (Lipinski definition) is 5. The minimum Gasteiger partial charge on any atom is -0.447 e. The molecule has 1 amide bonds. The number of amides is 1. The van der Waals surface area contributed by atoms with Gasteiger partial charge in [0.2, 0.25) is 0 Å². The molecule has 2 rings (SSSR count). The van der Waals surface area contributed by atoms with Gasteiger partial charge in [-0.3, -0.25) is 0 Å². The molecule has 7 heteroatoms. The van der Waals surface area contributed by atoms with Crippen LogP contribution in [0.5, 0.6) is 0 Å². The van der Waals surface area contributed by atoms with Gasteiger partial charge in [-0.2, -0.15) is 0 Å². The molecule has 15 heavy (non-hydrogen) atoms. The summed E-state index contributed by atoms with van der Waals surface area (Å²) >= 11 is 0. The second kappa shape index (κ2) is 3.97. The molecule has 2 fully saturated rings. The minimum absolute atomic E-state index is 0.0159.